The summed E-state index contributed by atoms with van der Waals surface area (Å²) in [6.45, 7) is 0. The third kappa shape index (κ3) is 1.76. The molecule has 24 heavy (non-hydrogen) atoms. The van der Waals surface area contributed by atoms with Gasteiger partial charge in [0.2, 0.25) is 0 Å². The Hall–Kier alpha value is -2.26. The number of hydrogen-bond acceptors (Lipinski definition) is 2. The van der Waals surface area contributed by atoms with Crippen molar-refractivity contribution < 1.29 is 0 Å². The molecule has 1 aliphatic rings. The molecule has 0 atom stereocenters. The zero-order valence-electron chi connectivity index (χ0n) is 13.8. The fourth-order valence-electron chi connectivity index (χ4n) is 4.08. The number of para-hydroxylation sites is 1. The Balaban J connectivity index is 1.99. The lowest BCUT2D eigenvalue weighted by Gasteiger charge is -2.22. The van der Waals surface area contributed by atoms with Crippen molar-refractivity contribution in [2.24, 2.45) is 7.05 Å². The maximum Gasteiger partial charge on any atom is 0.142 e. The largest absolute Gasteiger partial charge is 0.328 e. The molecule has 2 nitrogen and oxygen atoms in total. The summed E-state index contributed by atoms with van der Waals surface area (Å²) >= 11 is 1.86. The van der Waals surface area contributed by atoms with Gasteiger partial charge < -0.3 is 4.57 Å². The van der Waals surface area contributed by atoms with Crippen LogP contribution in [0.4, 0.5) is 0 Å². The highest BCUT2D eigenvalue weighted by Gasteiger charge is 2.24. The molecule has 1 aliphatic carbocycles. The van der Waals surface area contributed by atoms with Gasteiger partial charge in [0.15, 0.2) is 0 Å². The highest BCUT2D eigenvalue weighted by molar-refractivity contribution is 7.98. The van der Waals surface area contributed by atoms with E-state index in [0.717, 1.165) is 18.5 Å². The summed E-state index contributed by atoms with van der Waals surface area (Å²) < 4.78 is 2.24. The minimum Gasteiger partial charge on any atom is -0.328 e. The highest BCUT2D eigenvalue weighted by Crippen LogP contribution is 2.43. The lowest BCUT2D eigenvalue weighted by molar-refractivity contribution is 0.903. The van der Waals surface area contributed by atoms with Crippen LogP contribution in [0.25, 0.3) is 33.2 Å². The van der Waals surface area contributed by atoms with Crippen LogP contribution in [0.3, 0.4) is 0 Å². The molecule has 3 heteroatoms. The lowest BCUT2D eigenvalue weighted by Crippen LogP contribution is -2.08. The fourth-order valence-corrected chi connectivity index (χ4v) is 4.93. The van der Waals surface area contributed by atoms with Crippen LogP contribution in [0.15, 0.2) is 53.4 Å². The number of fused-ring (bicyclic) bond motifs is 6. The standard InChI is InChI=1S/C21H18N2S/c1-23-17-10-6-5-9-15(17)18-20(24-2)16-12-11-13-7-3-4-8-14(13)19(16)22-21(18)23/h3-10H,11-12H2,1-2H3. The van der Waals surface area contributed by atoms with Crippen LogP contribution in [-0.2, 0) is 19.9 Å². The van der Waals surface area contributed by atoms with Gasteiger partial charge in [0.05, 0.1) is 11.2 Å². The molecule has 0 unspecified atom stereocenters. The Labute approximate surface area is 145 Å². The second-order valence-corrected chi connectivity index (χ2v) is 7.22. The van der Waals surface area contributed by atoms with Gasteiger partial charge in [-0.2, -0.15) is 0 Å². The molecule has 0 saturated heterocycles. The maximum atomic E-state index is 5.15. The quantitative estimate of drug-likeness (QED) is 0.446. The topological polar surface area (TPSA) is 17.8 Å². The van der Waals surface area contributed by atoms with Gasteiger partial charge in [-0.15, -0.1) is 11.8 Å². The normalized spacial score (nSPS) is 13.2. The number of thioether (sulfide) groups is 1. The first-order valence-electron chi connectivity index (χ1n) is 8.32. The maximum absolute atomic E-state index is 5.15. The number of nitrogens with zero attached hydrogens (tertiary/aromatic N) is 2. The monoisotopic (exact) mass is 330 g/mol. The van der Waals surface area contributed by atoms with Crippen molar-refractivity contribution in [3.8, 4) is 11.3 Å². The molecule has 5 rings (SSSR count). The Bertz CT molecular complexity index is 1110. The third-order valence-corrected chi connectivity index (χ3v) is 6.06. The molecule has 0 fully saturated rings. The molecule has 0 radical (unpaired) electrons. The van der Waals surface area contributed by atoms with Crippen LogP contribution in [0.5, 0.6) is 0 Å². The number of aromatic nitrogens is 2. The summed E-state index contributed by atoms with van der Waals surface area (Å²) in [5, 5.41) is 2.63. The van der Waals surface area contributed by atoms with Crippen LogP contribution < -0.4 is 0 Å². The molecule has 118 valence electrons. The molecule has 0 bridgehead atoms. The van der Waals surface area contributed by atoms with Crippen LogP contribution >= 0.6 is 11.8 Å². The third-order valence-electron chi connectivity index (χ3n) is 5.20. The van der Waals surface area contributed by atoms with Gasteiger partial charge in [0, 0.05) is 28.3 Å². The van der Waals surface area contributed by atoms with Crippen LogP contribution in [0, 0.1) is 0 Å². The molecule has 2 aromatic heterocycles. The van der Waals surface area contributed by atoms with Crippen molar-refractivity contribution in [2.45, 2.75) is 17.7 Å². The molecule has 0 saturated carbocycles. The number of rotatable bonds is 1. The zero-order chi connectivity index (χ0) is 16.3. The van der Waals surface area contributed by atoms with E-state index in [1.807, 2.05) is 11.8 Å². The second kappa shape index (κ2) is 5.12. The van der Waals surface area contributed by atoms with Gasteiger partial charge in [0.1, 0.15) is 5.65 Å². The molecule has 0 amide bonds. The Morgan fingerprint density at radius 2 is 1.79 bits per heavy atom. The Morgan fingerprint density at radius 3 is 2.67 bits per heavy atom. The van der Waals surface area contributed by atoms with E-state index in [-0.39, 0.29) is 0 Å². The van der Waals surface area contributed by atoms with E-state index in [1.54, 1.807) is 0 Å². The van der Waals surface area contributed by atoms with E-state index in [2.05, 4.69) is 66.4 Å². The van der Waals surface area contributed by atoms with Gasteiger partial charge >= 0.3 is 0 Å². The average Bonchev–Trinajstić information content (AvgIpc) is 2.93. The van der Waals surface area contributed by atoms with E-state index in [1.165, 1.54) is 43.6 Å². The van der Waals surface area contributed by atoms with Gasteiger partial charge in [-0.05, 0) is 36.3 Å². The molecular weight excluding hydrogens is 312 g/mol. The van der Waals surface area contributed by atoms with Crippen molar-refractivity contribution in [2.75, 3.05) is 6.26 Å². The summed E-state index contributed by atoms with van der Waals surface area (Å²) in [5.74, 6) is 0. The summed E-state index contributed by atoms with van der Waals surface area (Å²) in [4.78, 5) is 6.56. The Kier molecular flexibility index (Phi) is 3.01. The number of aryl methyl sites for hydroxylation is 2. The van der Waals surface area contributed by atoms with E-state index in [9.17, 15) is 0 Å². The van der Waals surface area contributed by atoms with Gasteiger partial charge in [-0.25, -0.2) is 4.98 Å². The molecule has 4 aromatic rings. The lowest BCUT2D eigenvalue weighted by atomic mass is 9.88. The predicted octanol–water partition coefficient (Wildman–Crippen LogP) is 5.21. The summed E-state index contributed by atoms with van der Waals surface area (Å²) in [5.41, 5.74) is 7.68. The molecule has 2 aromatic carbocycles. The van der Waals surface area contributed by atoms with E-state index in [4.69, 9.17) is 4.98 Å². The SMILES string of the molecule is CSc1c2c(nc3c1c1ccccc1n3C)-c1ccccc1CC2. The van der Waals surface area contributed by atoms with Crippen LogP contribution in [0.1, 0.15) is 11.1 Å². The zero-order valence-corrected chi connectivity index (χ0v) is 14.7. The smallest absolute Gasteiger partial charge is 0.142 e. The first-order valence-corrected chi connectivity index (χ1v) is 9.54. The molecular formula is C21H18N2S. The van der Waals surface area contributed by atoms with Gasteiger partial charge in [-0.1, -0.05) is 42.5 Å². The van der Waals surface area contributed by atoms with Crippen molar-refractivity contribution in [1.82, 2.24) is 9.55 Å². The van der Waals surface area contributed by atoms with Crippen LogP contribution in [-0.4, -0.2) is 15.8 Å². The second-order valence-electron chi connectivity index (χ2n) is 6.40. The Morgan fingerprint density at radius 1 is 1.00 bits per heavy atom. The first kappa shape index (κ1) is 14.1. The van der Waals surface area contributed by atoms with Crippen molar-refractivity contribution >= 4 is 33.7 Å². The number of hydrogen-bond donors (Lipinski definition) is 0. The fraction of sp³-hybridized carbons (Fsp3) is 0.190. The van der Waals surface area contributed by atoms with Crippen molar-refractivity contribution in [3.05, 3.63) is 59.7 Å². The predicted molar refractivity (Wildman–Crippen MR) is 103 cm³/mol. The van der Waals surface area contributed by atoms with E-state index >= 15 is 0 Å². The van der Waals surface area contributed by atoms with Gasteiger partial charge in [-0.3, -0.25) is 0 Å². The molecule has 0 aliphatic heterocycles. The van der Waals surface area contributed by atoms with E-state index in [0.29, 0.717) is 0 Å². The molecule has 2 heterocycles. The van der Waals surface area contributed by atoms with Gasteiger partial charge in [0.25, 0.3) is 0 Å². The first-order chi connectivity index (χ1) is 11.8. The molecule has 0 N–H and O–H groups in total. The summed E-state index contributed by atoms with van der Waals surface area (Å²) in [6.07, 6.45) is 4.38. The minimum atomic E-state index is 1.08. The van der Waals surface area contributed by atoms with Crippen LogP contribution in [0.2, 0.25) is 0 Å². The summed E-state index contributed by atoms with van der Waals surface area (Å²) in [7, 11) is 2.13. The van der Waals surface area contributed by atoms with E-state index < -0.39 is 0 Å². The highest BCUT2D eigenvalue weighted by atomic mass is 32.2. The average molecular weight is 330 g/mol. The van der Waals surface area contributed by atoms with Crippen molar-refractivity contribution in [3.63, 3.8) is 0 Å². The number of benzene rings is 2. The molecule has 0 spiro atoms. The minimum absolute atomic E-state index is 1.08. The summed E-state index contributed by atoms with van der Waals surface area (Å²) in [6, 6.07) is 17.4. The van der Waals surface area contributed by atoms with Crippen molar-refractivity contribution in [1.29, 1.82) is 0 Å². The number of pyridine rings is 1.